The second-order valence-electron chi connectivity index (χ2n) is 4.91. The minimum atomic E-state index is -4.15. The van der Waals surface area contributed by atoms with E-state index in [4.69, 9.17) is 0 Å². The molecule has 9 nitrogen and oxygen atoms in total. The Balaban J connectivity index is 2.42. The van der Waals surface area contributed by atoms with E-state index in [0.717, 1.165) is 12.1 Å². The number of nitro groups is 2. The molecule has 0 heterocycles. The monoisotopic (exact) mass is 351 g/mol. The van der Waals surface area contributed by atoms with Crippen molar-refractivity contribution in [2.24, 2.45) is 0 Å². The molecule has 0 radical (unpaired) electrons. The van der Waals surface area contributed by atoms with Crippen molar-refractivity contribution < 1.29 is 18.3 Å². The zero-order valence-corrected chi connectivity index (χ0v) is 13.3. The van der Waals surface area contributed by atoms with Crippen LogP contribution >= 0.6 is 0 Å². The van der Waals surface area contributed by atoms with Crippen LogP contribution in [0.25, 0.3) is 0 Å². The summed E-state index contributed by atoms with van der Waals surface area (Å²) in [6.07, 6.45) is 0. The number of rotatable bonds is 6. The summed E-state index contributed by atoms with van der Waals surface area (Å²) in [5, 5.41) is 22.0. The van der Waals surface area contributed by atoms with Gasteiger partial charge in [-0.2, -0.15) is 0 Å². The van der Waals surface area contributed by atoms with Crippen molar-refractivity contribution >= 4 is 21.4 Å². The van der Waals surface area contributed by atoms with Gasteiger partial charge in [0.25, 0.3) is 11.4 Å². The van der Waals surface area contributed by atoms with Crippen LogP contribution < -0.4 is 4.72 Å². The van der Waals surface area contributed by atoms with E-state index in [1.54, 1.807) is 30.3 Å². The standard InChI is InChI=1S/C14H13N3O6S/c1-10-13(16(18)19)7-12(8-14(10)17(20)21)24(22,23)15-9-11-5-3-2-4-6-11/h2-8,15H,9H2,1H3. The largest absolute Gasteiger partial charge is 0.280 e. The third kappa shape index (κ3) is 3.73. The second-order valence-corrected chi connectivity index (χ2v) is 6.68. The number of hydrogen-bond acceptors (Lipinski definition) is 6. The van der Waals surface area contributed by atoms with Gasteiger partial charge in [-0.3, -0.25) is 20.2 Å². The van der Waals surface area contributed by atoms with Gasteiger partial charge in [0, 0.05) is 18.7 Å². The lowest BCUT2D eigenvalue weighted by molar-refractivity contribution is -0.395. The van der Waals surface area contributed by atoms with Crippen LogP contribution in [0, 0.1) is 27.2 Å². The number of nitrogens with one attached hydrogen (secondary N) is 1. The summed E-state index contributed by atoms with van der Waals surface area (Å²) in [4.78, 5) is 19.8. The Bertz CT molecular complexity index is 861. The summed E-state index contributed by atoms with van der Waals surface area (Å²) in [5.74, 6) is 0. The Hall–Kier alpha value is -2.85. The van der Waals surface area contributed by atoms with Gasteiger partial charge in [-0.1, -0.05) is 30.3 Å². The molecule has 126 valence electrons. The van der Waals surface area contributed by atoms with E-state index in [0.29, 0.717) is 5.56 Å². The smallest absolute Gasteiger partial charge is 0.258 e. The number of hydrogen-bond donors (Lipinski definition) is 1. The Morgan fingerprint density at radius 2 is 1.50 bits per heavy atom. The molecule has 0 fully saturated rings. The summed E-state index contributed by atoms with van der Waals surface area (Å²) in [6, 6.07) is 10.2. The molecule has 0 saturated heterocycles. The quantitative estimate of drug-likeness (QED) is 0.627. The highest BCUT2D eigenvalue weighted by Gasteiger charge is 2.27. The number of nitrogens with zero attached hydrogens (tertiary/aromatic N) is 2. The third-order valence-corrected chi connectivity index (χ3v) is 4.72. The Morgan fingerprint density at radius 3 is 1.96 bits per heavy atom. The van der Waals surface area contributed by atoms with Crippen molar-refractivity contribution in [3.05, 3.63) is 73.8 Å². The van der Waals surface area contributed by atoms with Crippen molar-refractivity contribution in [2.45, 2.75) is 18.4 Å². The lowest BCUT2D eigenvalue weighted by Crippen LogP contribution is -2.23. The number of nitro benzene ring substituents is 2. The highest BCUT2D eigenvalue weighted by atomic mass is 32.2. The molecule has 10 heteroatoms. The fourth-order valence-corrected chi connectivity index (χ4v) is 3.11. The minimum Gasteiger partial charge on any atom is -0.258 e. The van der Waals surface area contributed by atoms with E-state index >= 15 is 0 Å². The second kappa shape index (κ2) is 6.72. The molecule has 0 aromatic heterocycles. The predicted octanol–water partition coefficient (Wildman–Crippen LogP) is 2.29. The molecule has 2 aromatic rings. The van der Waals surface area contributed by atoms with Gasteiger partial charge in [-0.25, -0.2) is 13.1 Å². The summed E-state index contributed by atoms with van der Waals surface area (Å²) in [7, 11) is -4.15. The highest BCUT2D eigenvalue weighted by molar-refractivity contribution is 7.89. The van der Waals surface area contributed by atoms with Crippen molar-refractivity contribution in [3.63, 3.8) is 0 Å². The van der Waals surface area contributed by atoms with Crippen molar-refractivity contribution in [2.75, 3.05) is 0 Å². The maximum atomic E-state index is 12.3. The first-order chi connectivity index (χ1) is 11.2. The molecule has 0 amide bonds. The van der Waals surface area contributed by atoms with Gasteiger partial charge in [-0.05, 0) is 12.5 Å². The Kier molecular flexibility index (Phi) is 4.90. The molecule has 0 bridgehead atoms. The normalized spacial score (nSPS) is 11.2. The molecular weight excluding hydrogens is 338 g/mol. The maximum Gasteiger partial charge on any atom is 0.280 e. The van der Waals surface area contributed by atoms with Crippen molar-refractivity contribution in [3.8, 4) is 0 Å². The van der Waals surface area contributed by atoms with Crippen LogP contribution in [0.4, 0.5) is 11.4 Å². The van der Waals surface area contributed by atoms with Crippen LogP contribution in [0.15, 0.2) is 47.4 Å². The molecule has 0 aliphatic rings. The van der Waals surface area contributed by atoms with Gasteiger partial charge in [0.15, 0.2) is 0 Å². The first-order valence-corrected chi connectivity index (χ1v) is 8.17. The topological polar surface area (TPSA) is 132 Å². The first kappa shape index (κ1) is 17.5. The average molecular weight is 351 g/mol. The predicted molar refractivity (Wildman–Crippen MR) is 85.0 cm³/mol. The molecule has 0 aliphatic heterocycles. The van der Waals surface area contributed by atoms with Crippen LogP contribution in [0.2, 0.25) is 0 Å². The van der Waals surface area contributed by atoms with Gasteiger partial charge in [0.2, 0.25) is 10.0 Å². The van der Waals surface area contributed by atoms with E-state index in [1.807, 2.05) is 0 Å². The van der Waals surface area contributed by atoms with E-state index in [9.17, 15) is 28.6 Å². The highest BCUT2D eigenvalue weighted by Crippen LogP contribution is 2.31. The zero-order valence-electron chi connectivity index (χ0n) is 12.5. The SMILES string of the molecule is Cc1c([N+](=O)[O-])cc(S(=O)(=O)NCc2ccccc2)cc1[N+](=O)[O-]. The van der Waals surface area contributed by atoms with Crippen molar-refractivity contribution in [1.82, 2.24) is 4.72 Å². The third-order valence-electron chi connectivity index (χ3n) is 3.34. The van der Waals surface area contributed by atoms with Crippen LogP contribution in [0.1, 0.15) is 11.1 Å². The van der Waals surface area contributed by atoms with E-state index < -0.39 is 36.1 Å². The summed E-state index contributed by atoms with van der Waals surface area (Å²) in [6.45, 7) is 1.16. The molecule has 24 heavy (non-hydrogen) atoms. The molecule has 0 aliphatic carbocycles. The van der Waals surface area contributed by atoms with Gasteiger partial charge in [0.1, 0.15) is 5.56 Å². The molecule has 1 N–H and O–H groups in total. The number of benzene rings is 2. The van der Waals surface area contributed by atoms with Gasteiger partial charge in [-0.15, -0.1) is 0 Å². The van der Waals surface area contributed by atoms with Crippen molar-refractivity contribution in [1.29, 1.82) is 0 Å². The number of sulfonamides is 1. The molecule has 0 atom stereocenters. The fraction of sp³-hybridized carbons (Fsp3) is 0.143. The Morgan fingerprint density at radius 1 is 1.00 bits per heavy atom. The summed E-state index contributed by atoms with van der Waals surface area (Å²) >= 11 is 0. The van der Waals surface area contributed by atoms with Crippen LogP contribution in [0.3, 0.4) is 0 Å². The van der Waals surface area contributed by atoms with E-state index in [2.05, 4.69) is 4.72 Å². The van der Waals surface area contributed by atoms with E-state index in [1.165, 1.54) is 6.92 Å². The van der Waals surface area contributed by atoms with Crippen LogP contribution in [0.5, 0.6) is 0 Å². The minimum absolute atomic E-state index is 0.0430. The average Bonchev–Trinajstić information content (AvgIpc) is 2.53. The first-order valence-electron chi connectivity index (χ1n) is 6.69. The zero-order chi connectivity index (χ0) is 17.9. The molecule has 2 rings (SSSR count). The van der Waals surface area contributed by atoms with Crippen LogP contribution in [-0.2, 0) is 16.6 Å². The summed E-state index contributed by atoms with van der Waals surface area (Å²) in [5.41, 5.74) is -0.766. The molecule has 0 saturated carbocycles. The fourth-order valence-electron chi connectivity index (χ4n) is 2.05. The van der Waals surface area contributed by atoms with Gasteiger partial charge >= 0.3 is 0 Å². The van der Waals surface area contributed by atoms with E-state index in [-0.39, 0.29) is 12.1 Å². The molecule has 0 spiro atoms. The lowest BCUT2D eigenvalue weighted by Gasteiger charge is -2.08. The summed E-state index contributed by atoms with van der Waals surface area (Å²) < 4.78 is 26.9. The van der Waals surface area contributed by atoms with Crippen LogP contribution in [-0.4, -0.2) is 18.3 Å². The molecular formula is C14H13N3O6S. The molecule has 0 unspecified atom stereocenters. The lowest BCUT2D eigenvalue weighted by atomic mass is 10.1. The Labute approximate surface area is 137 Å². The molecule has 2 aromatic carbocycles. The van der Waals surface area contributed by atoms with Gasteiger partial charge in [0.05, 0.1) is 14.7 Å². The van der Waals surface area contributed by atoms with Gasteiger partial charge < -0.3 is 0 Å². The maximum absolute atomic E-state index is 12.3.